The Morgan fingerprint density at radius 3 is 2.57 bits per heavy atom. The topological polar surface area (TPSA) is 61.4 Å². The Labute approximate surface area is 137 Å². The third kappa shape index (κ3) is 3.27. The van der Waals surface area contributed by atoms with Gasteiger partial charge in [0, 0.05) is 30.0 Å². The Bertz CT molecular complexity index is 764. The predicted octanol–water partition coefficient (Wildman–Crippen LogP) is 3.26. The van der Waals surface area contributed by atoms with Gasteiger partial charge in [0.2, 0.25) is 0 Å². The van der Waals surface area contributed by atoms with Gasteiger partial charge in [0.15, 0.2) is 0 Å². The summed E-state index contributed by atoms with van der Waals surface area (Å²) in [5, 5.41) is 5.30. The van der Waals surface area contributed by atoms with Crippen LogP contribution in [-0.4, -0.2) is 25.0 Å². The maximum Gasteiger partial charge on any atom is 0.321 e. The van der Waals surface area contributed by atoms with E-state index in [0.29, 0.717) is 24.3 Å². The summed E-state index contributed by atoms with van der Waals surface area (Å²) in [4.78, 5) is 25.4. The van der Waals surface area contributed by atoms with E-state index in [0.717, 1.165) is 5.69 Å². The third-order valence-electron chi connectivity index (χ3n) is 3.48. The summed E-state index contributed by atoms with van der Waals surface area (Å²) in [6, 6.07) is 10.5. The number of rotatable bonds is 3. The zero-order valence-corrected chi connectivity index (χ0v) is 12.7. The number of nitrogens with one attached hydrogen (secondary N) is 2. The van der Waals surface area contributed by atoms with E-state index in [1.54, 1.807) is 29.2 Å². The van der Waals surface area contributed by atoms with Crippen molar-refractivity contribution in [2.45, 2.75) is 0 Å². The number of hydrogen-bond acceptors (Lipinski definition) is 2. The first-order chi connectivity index (χ1) is 11.0. The summed E-state index contributed by atoms with van der Waals surface area (Å²) in [6.45, 7) is 1.20. The van der Waals surface area contributed by atoms with Crippen LogP contribution in [0.2, 0.25) is 5.02 Å². The summed E-state index contributed by atoms with van der Waals surface area (Å²) >= 11 is 5.68. The van der Waals surface area contributed by atoms with Crippen molar-refractivity contribution in [3.63, 3.8) is 0 Å². The molecule has 3 rings (SSSR count). The maximum atomic E-state index is 13.1. The molecule has 3 amide bonds. The van der Waals surface area contributed by atoms with Gasteiger partial charge in [-0.1, -0.05) is 11.6 Å². The molecule has 0 atom stereocenters. The van der Waals surface area contributed by atoms with Crippen molar-refractivity contribution in [3.05, 3.63) is 58.9 Å². The number of carbonyl (C=O) groups excluding carboxylic acids is 2. The van der Waals surface area contributed by atoms with Gasteiger partial charge >= 0.3 is 6.03 Å². The first kappa shape index (κ1) is 15.3. The van der Waals surface area contributed by atoms with Gasteiger partial charge < -0.3 is 10.6 Å². The van der Waals surface area contributed by atoms with Crippen LogP contribution in [0.5, 0.6) is 0 Å². The van der Waals surface area contributed by atoms with Crippen molar-refractivity contribution in [1.82, 2.24) is 5.32 Å². The number of nitrogens with zero attached hydrogens (tertiary/aromatic N) is 1. The number of benzene rings is 2. The lowest BCUT2D eigenvalue weighted by Gasteiger charge is -2.14. The molecule has 5 nitrogen and oxygen atoms in total. The minimum atomic E-state index is -0.544. The third-order valence-corrected chi connectivity index (χ3v) is 3.77. The minimum Gasteiger partial charge on any atom is -0.336 e. The van der Waals surface area contributed by atoms with E-state index in [2.05, 4.69) is 10.6 Å². The van der Waals surface area contributed by atoms with Crippen LogP contribution in [-0.2, 0) is 0 Å². The average Bonchev–Trinajstić information content (AvgIpc) is 2.97. The molecule has 0 aliphatic carbocycles. The molecule has 7 heteroatoms. The number of carbonyl (C=O) groups is 2. The van der Waals surface area contributed by atoms with E-state index >= 15 is 0 Å². The van der Waals surface area contributed by atoms with E-state index in [9.17, 15) is 14.0 Å². The largest absolute Gasteiger partial charge is 0.336 e. The van der Waals surface area contributed by atoms with Gasteiger partial charge in [-0.15, -0.1) is 0 Å². The fourth-order valence-electron chi connectivity index (χ4n) is 2.29. The molecule has 23 heavy (non-hydrogen) atoms. The Balaban J connectivity index is 1.72. The second-order valence-electron chi connectivity index (χ2n) is 5.01. The summed E-state index contributed by atoms with van der Waals surface area (Å²) in [5.41, 5.74) is 1.56. The molecule has 2 N–H and O–H groups in total. The highest BCUT2D eigenvalue weighted by Gasteiger charge is 2.21. The number of urea groups is 1. The van der Waals surface area contributed by atoms with Gasteiger partial charge in [-0.2, -0.15) is 0 Å². The second-order valence-corrected chi connectivity index (χ2v) is 5.42. The van der Waals surface area contributed by atoms with Crippen molar-refractivity contribution >= 4 is 34.9 Å². The number of hydrogen-bond donors (Lipinski definition) is 2. The molecule has 118 valence electrons. The summed E-state index contributed by atoms with van der Waals surface area (Å²) in [7, 11) is 0. The molecule has 2 aromatic rings. The van der Waals surface area contributed by atoms with Crippen molar-refractivity contribution in [2.24, 2.45) is 0 Å². The highest BCUT2D eigenvalue weighted by atomic mass is 35.5. The quantitative estimate of drug-likeness (QED) is 0.905. The SMILES string of the molecule is O=C(Nc1ccc(F)c(Cl)c1)c1ccc(N2CCNC2=O)cc1. The van der Waals surface area contributed by atoms with Crippen LogP contribution >= 0.6 is 11.6 Å². The molecule has 0 radical (unpaired) electrons. The van der Waals surface area contributed by atoms with Crippen molar-refractivity contribution in [2.75, 3.05) is 23.3 Å². The Morgan fingerprint density at radius 2 is 1.96 bits per heavy atom. The molecule has 0 spiro atoms. The fourth-order valence-corrected chi connectivity index (χ4v) is 2.47. The maximum absolute atomic E-state index is 13.1. The van der Waals surface area contributed by atoms with Crippen LogP contribution in [0.3, 0.4) is 0 Å². The van der Waals surface area contributed by atoms with E-state index in [4.69, 9.17) is 11.6 Å². The summed E-state index contributed by atoms with van der Waals surface area (Å²) in [6.07, 6.45) is 0. The molecule has 0 bridgehead atoms. The van der Waals surface area contributed by atoms with Crippen LogP contribution in [0.1, 0.15) is 10.4 Å². The average molecular weight is 334 g/mol. The Kier molecular flexibility index (Phi) is 4.16. The molecular formula is C16H13ClFN3O2. The second kappa shape index (κ2) is 6.26. The summed E-state index contributed by atoms with van der Waals surface area (Å²) < 4.78 is 13.1. The van der Waals surface area contributed by atoms with E-state index < -0.39 is 5.82 Å². The van der Waals surface area contributed by atoms with Crippen LogP contribution < -0.4 is 15.5 Å². The zero-order valence-electron chi connectivity index (χ0n) is 12.0. The van der Waals surface area contributed by atoms with Crippen molar-refractivity contribution in [1.29, 1.82) is 0 Å². The predicted molar refractivity (Wildman–Crippen MR) is 86.5 cm³/mol. The van der Waals surface area contributed by atoms with Crippen molar-refractivity contribution < 1.29 is 14.0 Å². The van der Waals surface area contributed by atoms with Gasteiger partial charge in [0.1, 0.15) is 5.82 Å². The number of amides is 3. The highest BCUT2D eigenvalue weighted by Crippen LogP contribution is 2.21. The molecule has 0 saturated carbocycles. The van der Waals surface area contributed by atoms with E-state index in [1.807, 2.05) is 0 Å². The Hall–Kier alpha value is -2.60. The molecule has 1 aliphatic rings. The van der Waals surface area contributed by atoms with Crippen molar-refractivity contribution in [3.8, 4) is 0 Å². The van der Waals surface area contributed by atoms with Crippen LogP contribution in [0, 0.1) is 5.82 Å². The van der Waals surface area contributed by atoms with Gasteiger partial charge in [-0.05, 0) is 42.5 Å². The number of anilines is 2. The van der Waals surface area contributed by atoms with Gasteiger partial charge in [0.05, 0.1) is 5.02 Å². The molecule has 1 fully saturated rings. The molecule has 1 saturated heterocycles. The lowest BCUT2D eigenvalue weighted by atomic mass is 10.1. The minimum absolute atomic E-state index is 0.0572. The Morgan fingerprint density at radius 1 is 1.22 bits per heavy atom. The zero-order chi connectivity index (χ0) is 16.4. The number of halogens is 2. The molecule has 0 unspecified atom stereocenters. The molecule has 1 heterocycles. The normalized spacial score (nSPS) is 13.8. The fraction of sp³-hybridized carbons (Fsp3) is 0.125. The highest BCUT2D eigenvalue weighted by molar-refractivity contribution is 6.31. The monoisotopic (exact) mass is 333 g/mol. The lowest BCUT2D eigenvalue weighted by Crippen LogP contribution is -2.27. The van der Waals surface area contributed by atoms with Gasteiger partial charge in [-0.25, -0.2) is 9.18 Å². The smallest absolute Gasteiger partial charge is 0.321 e. The first-order valence-corrected chi connectivity index (χ1v) is 7.34. The van der Waals surface area contributed by atoms with Gasteiger partial charge in [0.25, 0.3) is 5.91 Å². The van der Waals surface area contributed by atoms with Crippen LogP contribution in [0.4, 0.5) is 20.6 Å². The molecule has 2 aromatic carbocycles. The standard InChI is InChI=1S/C16H13ClFN3O2/c17-13-9-11(3-6-14(13)18)20-15(22)10-1-4-12(5-2-10)21-8-7-19-16(21)23/h1-6,9H,7-8H2,(H,19,23)(H,20,22). The van der Waals surface area contributed by atoms with Gasteiger partial charge in [-0.3, -0.25) is 9.69 Å². The lowest BCUT2D eigenvalue weighted by molar-refractivity contribution is 0.102. The first-order valence-electron chi connectivity index (χ1n) is 6.96. The summed E-state index contributed by atoms with van der Waals surface area (Å²) in [5.74, 6) is -0.886. The van der Waals surface area contributed by atoms with Crippen LogP contribution in [0.15, 0.2) is 42.5 Å². The molecular weight excluding hydrogens is 321 g/mol. The molecule has 0 aromatic heterocycles. The van der Waals surface area contributed by atoms with E-state index in [-0.39, 0.29) is 17.0 Å². The van der Waals surface area contributed by atoms with E-state index in [1.165, 1.54) is 18.2 Å². The van der Waals surface area contributed by atoms with Crippen LogP contribution in [0.25, 0.3) is 0 Å². The molecule has 1 aliphatic heterocycles.